The maximum absolute atomic E-state index is 11.8. The summed E-state index contributed by atoms with van der Waals surface area (Å²) in [6, 6.07) is 6.67. The van der Waals surface area contributed by atoms with Crippen LogP contribution in [0.15, 0.2) is 39.9 Å². The lowest BCUT2D eigenvalue weighted by Crippen LogP contribution is -2.17. The van der Waals surface area contributed by atoms with Gasteiger partial charge in [-0.1, -0.05) is 23.4 Å². The van der Waals surface area contributed by atoms with Crippen LogP contribution in [0.3, 0.4) is 0 Å². The van der Waals surface area contributed by atoms with Gasteiger partial charge in [0.25, 0.3) is 5.91 Å². The molecule has 0 aromatic heterocycles. The van der Waals surface area contributed by atoms with Gasteiger partial charge in [0.05, 0.1) is 6.21 Å². The minimum absolute atomic E-state index is 0. The molecule has 0 aliphatic rings. The van der Waals surface area contributed by atoms with E-state index in [0.717, 1.165) is 16.6 Å². The van der Waals surface area contributed by atoms with Crippen LogP contribution < -0.4 is 5.43 Å². The highest BCUT2D eigenvalue weighted by Gasteiger charge is 2.12. The first-order chi connectivity index (χ1) is 10.4. The van der Waals surface area contributed by atoms with E-state index in [1.807, 2.05) is 0 Å². The number of carbonyl (C=O) groups excluding carboxylic acids is 1. The normalized spacial score (nSPS) is 10.3. The third-order valence-electron chi connectivity index (χ3n) is 2.69. The molecular formula is C15H15BrN2O5. The van der Waals surface area contributed by atoms with E-state index >= 15 is 0 Å². The monoisotopic (exact) mass is 382 g/mol. The molecule has 0 aliphatic heterocycles. The number of rotatable bonds is 3. The summed E-state index contributed by atoms with van der Waals surface area (Å²) in [7, 11) is 0. The molecular weight excluding hydrogens is 368 g/mol. The predicted octanol–water partition coefficient (Wildman–Crippen LogP) is 2.67. The molecule has 0 saturated carbocycles. The summed E-state index contributed by atoms with van der Waals surface area (Å²) in [4.78, 5) is 11.8. The van der Waals surface area contributed by atoms with Crippen molar-refractivity contribution in [2.75, 3.05) is 0 Å². The number of carbonyl (C=O) groups is 1. The highest BCUT2D eigenvalue weighted by atomic mass is 79.9. The molecule has 0 heterocycles. The first-order valence-electron chi connectivity index (χ1n) is 5.95. The average Bonchev–Trinajstić information content (AvgIpc) is 2.47. The second kappa shape index (κ2) is 7.50. The minimum atomic E-state index is -0.712. The van der Waals surface area contributed by atoms with Crippen molar-refractivity contribution in [1.82, 2.24) is 5.43 Å². The van der Waals surface area contributed by atoms with Crippen molar-refractivity contribution in [3.8, 4) is 23.0 Å². The standard InChI is InChI=1S/C14H11BrN2O5.CH4/c15-9-1-2-10(18)8(3-9)6-16-17-14(22)7-4-11(19)13(21)12(20)5-7;/h1-6,18-21H,(H,17,22);1H4. The molecule has 0 atom stereocenters. The van der Waals surface area contributed by atoms with E-state index in [1.54, 1.807) is 12.1 Å². The SMILES string of the molecule is C.O=C(NN=Cc1cc(Br)ccc1O)c1cc(O)c(O)c(O)c1. The summed E-state index contributed by atoms with van der Waals surface area (Å²) in [5.41, 5.74) is 2.45. The Bertz CT molecular complexity index is 739. The molecule has 8 heteroatoms. The highest BCUT2D eigenvalue weighted by molar-refractivity contribution is 9.10. The van der Waals surface area contributed by atoms with Crippen LogP contribution in [0.5, 0.6) is 23.0 Å². The number of nitrogens with zero attached hydrogens (tertiary/aromatic N) is 1. The van der Waals surface area contributed by atoms with Crippen LogP contribution in [-0.4, -0.2) is 32.5 Å². The fraction of sp³-hybridized carbons (Fsp3) is 0.0667. The molecule has 2 aromatic rings. The first kappa shape index (κ1) is 18.3. The van der Waals surface area contributed by atoms with Crippen molar-refractivity contribution in [1.29, 1.82) is 0 Å². The summed E-state index contributed by atoms with van der Waals surface area (Å²) in [5, 5.41) is 41.1. The summed E-state index contributed by atoms with van der Waals surface area (Å²) in [6.07, 6.45) is 1.23. The van der Waals surface area contributed by atoms with Crippen molar-refractivity contribution in [3.05, 3.63) is 45.9 Å². The first-order valence-corrected chi connectivity index (χ1v) is 6.74. The van der Waals surface area contributed by atoms with E-state index < -0.39 is 23.2 Å². The average molecular weight is 383 g/mol. The second-order valence-corrected chi connectivity index (χ2v) is 5.18. The summed E-state index contributed by atoms with van der Waals surface area (Å²) >= 11 is 3.24. The Balaban J connectivity index is 0.00000264. The third-order valence-corrected chi connectivity index (χ3v) is 3.18. The smallest absolute Gasteiger partial charge is 0.271 e. The Morgan fingerprint density at radius 2 is 1.65 bits per heavy atom. The number of phenols is 4. The number of nitrogens with one attached hydrogen (secondary N) is 1. The van der Waals surface area contributed by atoms with E-state index in [-0.39, 0.29) is 18.7 Å². The molecule has 2 rings (SSSR count). The molecule has 0 spiro atoms. The molecule has 122 valence electrons. The zero-order valence-electron chi connectivity index (χ0n) is 11.0. The Morgan fingerprint density at radius 3 is 2.26 bits per heavy atom. The quantitative estimate of drug-likeness (QED) is 0.317. The molecule has 5 N–H and O–H groups in total. The molecule has 0 bridgehead atoms. The molecule has 23 heavy (non-hydrogen) atoms. The Labute approximate surface area is 140 Å². The number of phenolic OH excluding ortho intramolecular Hbond substituents is 4. The molecule has 0 aliphatic carbocycles. The van der Waals surface area contributed by atoms with E-state index in [9.17, 15) is 25.2 Å². The number of hydrazone groups is 1. The van der Waals surface area contributed by atoms with Gasteiger partial charge in [0.1, 0.15) is 5.75 Å². The predicted molar refractivity (Wildman–Crippen MR) is 89.0 cm³/mol. The van der Waals surface area contributed by atoms with Gasteiger partial charge in [0.2, 0.25) is 0 Å². The second-order valence-electron chi connectivity index (χ2n) is 4.27. The maximum atomic E-state index is 11.8. The van der Waals surface area contributed by atoms with Crippen molar-refractivity contribution in [3.63, 3.8) is 0 Å². The van der Waals surface area contributed by atoms with Crippen LogP contribution in [0.25, 0.3) is 0 Å². The van der Waals surface area contributed by atoms with Crippen molar-refractivity contribution in [2.45, 2.75) is 7.43 Å². The fourth-order valence-electron chi connectivity index (χ4n) is 1.59. The lowest BCUT2D eigenvalue weighted by Gasteiger charge is -2.04. The van der Waals surface area contributed by atoms with Crippen LogP contribution in [0.1, 0.15) is 23.3 Å². The molecule has 0 unspecified atom stereocenters. The fourth-order valence-corrected chi connectivity index (χ4v) is 1.97. The summed E-state index contributed by atoms with van der Waals surface area (Å²) < 4.78 is 0.728. The zero-order chi connectivity index (χ0) is 16.3. The number of halogens is 1. The molecule has 2 aromatic carbocycles. The van der Waals surface area contributed by atoms with Gasteiger partial charge in [-0.2, -0.15) is 5.10 Å². The van der Waals surface area contributed by atoms with Gasteiger partial charge in [-0.25, -0.2) is 5.43 Å². The van der Waals surface area contributed by atoms with E-state index in [2.05, 4.69) is 26.5 Å². The van der Waals surface area contributed by atoms with E-state index in [1.165, 1.54) is 12.3 Å². The van der Waals surface area contributed by atoms with Gasteiger partial charge < -0.3 is 20.4 Å². The number of benzene rings is 2. The van der Waals surface area contributed by atoms with Gasteiger partial charge in [0, 0.05) is 15.6 Å². The number of amides is 1. The van der Waals surface area contributed by atoms with Crippen molar-refractivity contribution < 1.29 is 25.2 Å². The summed E-state index contributed by atoms with van der Waals surface area (Å²) in [6.45, 7) is 0. The van der Waals surface area contributed by atoms with Crippen LogP contribution in [0.4, 0.5) is 0 Å². The number of aromatic hydroxyl groups is 4. The lowest BCUT2D eigenvalue weighted by molar-refractivity contribution is 0.0954. The molecule has 0 fully saturated rings. The van der Waals surface area contributed by atoms with Gasteiger partial charge in [0.15, 0.2) is 17.2 Å². The molecule has 1 amide bonds. The molecule has 7 nitrogen and oxygen atoms in total. The topological polar surface area (TPSA) is 122 Å². The number of hydrogen-bond acceptors (Lipinski definition) is 6. The summed E-state index contributed by atoms with van der Waals surface area (Å²) in [5.74, 6) is -2.69. The van der Waals surface area contributed by atoms with Gasteiger partial charge in [-0.05, 0) is 30.3 Å². The largest absolute Gasteiger partial charge is 0.507 e. The van der Waals surface area contributed by atoms with Crippen molar-refractivity contribution >= 4 is 28.1 Å². The highest BCUT2D eigenvalue weighted by Crippen LogP contribution is 2.35. The lowest BCUT2D eigenvalue weighted by atomic mass is 10.2. The van der Waals surface area contributed by atoms with Crippen LogP contribution >= 0.6 is 15.9 Å². The van der Waals surface area contributed by atoms with Crippen molar-refractivity contribution in [2.24, 2.45) is 5.10 Å². The van der Waals surface area contributed by atoms with Crippen LogP contribution in [0, 0.1) is 0 Å². The van der Waals surface area contributed by atoms with Gasteiger partial charge in [-0.15, -0.1) is 0 Å². The molecule has 0 radical (unpaired) electrons. The third kappa shape index (κ3) is 4.36. The van der Waals surface area contributed by atoms with E-state index in [4.69, 9.17) is 0 Å². The zero-order valence-corrected chi connectivity index (χ0v) is 12.6. The van der Waals surface area contributed by atoms with Gasteiger partial charge >= 0.3 is 0 Å². The minimum Gasteiger partial charge on any atom is -0.507 e. The Morgan fingerprint density at radius 1 is 1.04 bits per heavy atom. The number of hydrogen-bond donors (Lipinski definition) is 5. The Kier molecular flexibility index (Phi) is 5.97. The maximum Gasteiger partial charge on any atom is 0.271 e. The Hall–Kier alpha value is -2.74. The van der Waals surface area contributed by atoms with Crippen LogP contribution in [0.2, 0.25) is 0 Å². The van der Waals surface area contributed by atoms with Gasteiger partial charge in [-0.3, -0.25) is 4.79 Å². The molecule has 0 saturated heterocycles. The van der Waals surface area contributed by atoms with Crippen LogP contribution in [-0.2, 0) is 0 Å². The van der Waals surface area contributed by atoms with E-state index in [0.29, 0.717) is 5.56 Å².